The quantitative estimate of drug-likeness (QED) is 0.746. The SMILES string of the molecule is COCCN1C(=O)Cc2ccccc2C1C(=O)NCc1ccc(N2CCCCC2)cc1. The van der Waals surface area contributed by atoms with Crippen LogP contribution in [0.4, 0.5) is 5.69 Å². The summed E-state index contributed by atoms with van der Waals surface area (Å²) in [6.07, 6.45) is 4.13. The van der Waals surface area contributed by atoms with Gasteiger partial charge in [-0.3, -0.25) is 9.59 Å². The number of nitrogens with one attached hydrogen (secondary N) is 1. The molecule has 6 heteroatoms. The molecule has 1 fully saturated rings. The summed E-state index contributed by atoms with van der Waals surface area (Å²) in [5.41, 5.74) is 4.11. The van der Waals surface area contributed by atoms with Crippen molar-refractivity contribution in [3.05, 3.63) is 65.2 Å². The number of carbonyl (C=O) groups excluding carboxylic acids is 2. The number of hydrogen-bond donors (Lipinski definition) is 1. The molecule has 0 saturated carbocycles. The minimum Gasteiger partial charge on any atom is -0.383 e. The number of ether oxygens (including phenoxy) is 1. The largest absolute Gasteiger partial charge is 0.383 e. The maximum Gasteiger partial charge on any atom is 0.247 e. The normalized spacial score (nSPS) is 18.6. The summed E-state index contributed by atoms with van der Waals surface area (Å²) in [6, 6.07) is 15.5. The van der Waals surface area contributed by atoms with Gasteiger partial charge in [-0.2, -0.15) is 0 Å². The Labute approximate surface area is 184 Å². The fourth-order valence-corrected chi connectivity index (χ4v) is 4.53. The predicted molar refractivity (Wildman–Crippen MR) is 121 cm³/mol. The highest BCUT2D eigenvalue weighted by Crippen LogP contribution is 2.30. The van der Waals surface area contributed by atoms with Gasteiger partial charge in [0.25, 0.3) is 0 Å². The molecule has 0 bridgehead atoms. The predicted octanol–water partition coefficient (Wildman–Crippen LogP) is 3.07. The van der Waals surface area contributed by atoms with Crippen LogP contribution in [0.25, 0.3) is 0 Å². The maximum atomic E-state index is 13.2. The zero-order valence-corrected chi connectivity index (χ0v) is 18.2. The lowest BCUT2D eigenvalue weighted by molar-refractivity contribution is -0.142. The van der Waals surface area contributed by atoms with E-state index in [1.54, 1.807) is 12.0 Å². The molecule has 1 unspecified atom stereocenters. The minimum absolute atomic E-state index is 0.0400. The van der Waals surface area contributed by atoms with E-state index in [0.717, 1.165) is 29.8 Å². The third kappa shape index (κ3) is 4.90. The molecule has 2 amide bonds. The van der Waals surface area contributed by atoms with E-state index in [4.69, 9.17) is 4.74 Å². The van der Waals surface area contributed by atoms with Gasteiger partial charge in [0.2, 0.25) is 11.8 Å². The highest BCUT2D eigenvalue weighted by molar-refractivity contribution is 5.92. The van der Waals surface area contributed by atoms with Gasteiger partial charge < -0.3 is 19.9 Å². The Morgan fingerprint density at radius 3 is 2.55 bits per heavy atom. The first-order valence-electron chi connectivity index (χ1n) is 11.1. The van der Waals surface area contributed by atoms with E-state index in [2.05, 4.69) is 34.5 Å². The van der Waals surface area contributed by atoms with E-state index >= 15 is 0 Å². The highest BCUT2D eigenvalue weighted by Gasteiger charge is 2.36. The Kier molecular flexibility index (Phi) is 6.87. The second kappa shape index (κ2) is 9.96. The summed E-state index contributed by atoms with van der Waals surface area (Å²) in [5.74, 6) is -0.196. The highest BCUT2D eigenvalue weighted by atomic mass is 16.5. The Morgan fingerprint density at radius 2 is 1.81 bits per heavy atom. The topological polar surface area (TPSA) is 61.9 Å². The molecule has 6 nitrogen and oxygen atoms in total. The second-order valence-electron chi connectivity index (χ2n) is 8.29. The molecule has 164 valence electrons. The minimum atomic E-state index is -0.625. The van der Waals surface area contributed by atoms with Crippen LogP contribution in [0.1, 0.15) is 42.0 Å². The van der Waals surface area contributed by atoms with Crippen molar-refractivity contribution in [3.63, 3.8) is 0 Å². The van der Waals surface area contributed by atoms with Crippen molar-refractivity contribution < 1.29 is 14.3 Å². The van der Waals surface area contributed by atoms with E-state index < -0.39 is 6.04 Å². The molecule has 2 aliphatic heterocycles. The van der Waals surface area contributed by atoms with Gasteiger partial charge in [-0.05, 0) is 48.1 Å². The van der Waals surface area contributed by atoms with E-state index in [-0.39, 0.29) is 11.8 Å². The number of methoxy groups -OCH3 is 1. The van der Waals surface area contributed by atoms with Crippen LogP contribution in [0.5, 0.6) is 0 Å². The first-order valence-corrected chi connectivity index (χ1v) is 11.1. The third-order valence-corrected chi connectivity index (χ3v) is 6.23. The molecule has 0 aliphatic carbocycles. The van der Waals surface area contributed by atoms with Crippen LogP contribution in [0.2, 0.25) is 0 Å². The average molecular weight is 422 g/mol. The Bertz CT molecular complexity index is 906. The first kappa shape index (κ1) is 21.4. The molecule has 1 N–H and O–H groups in total. The van der Waals surface area contributed by atoms with Gasteiger partial charge in [0.1, 0.15) is 6.04 Å². The van der Waals surface area contributed by atoms with Crippen LogP contribution in [0, 0.1) is 0 Å². The standard InChI is InChI=1S/C25H31N3O3/c1-31-16-15-28-23(29)17-20-7-3-4-8-22(20)24(28)25(30)26-18-19-9-11-21(12-10-19)27-13-5-2-6-14-27/h3-4,7-12,24H,2,5-6,13-18H2,1H3,(H,26,30). The van der Waals surface area contributed by atoms with E-state index in [0.29, 0.717) is 26.1 Å². The number of anilines is 1. The number of amides is 2. The zero-order chi connectivity index (χ0) is 21.6. The van der Waals surface area contributed by atoms with Crippen molar-refractivity contribution >= 4 is 17.5 Å². The Morgan fingerprint density at radius 1 is 1.06 bits per heavy atom. The molecule has 31 heavy (non-hydrogen) atoms. The molecule has 4 rings (SSSR count). The van der Waals surface area contributed by atoms with Gasteiger partial charge in [-0.25, -0.2) is 0 Å². The summed E-state index contributed by atoms with van der Waals surface area (Å²) in [6.45, 7) is 3.46. The molecule has 2 aromatic carbocycles. The van der Waals surface area contributed by atoms with Crippen molar-refractivity contribution in [2.75, 3.05) is 38.3 Å². The molecule has 0 spiro atoms. The van der Waals surface area contributed by atoms with Gasteiger partial charge in [-0.1, -0.05) is 36.4 Å². The number of benzene rings is 2. The van der Waals surface area contributed by atoms with E-state index in [1.165, 1.54) is 24.9 Å². The van der Waals surface area contributed by atoms with Crippen molar-refractivity contribution in [1.82, 2.24) is 10.2 Å². The number of hydrogen-bond acceptors (Lipinski definition) is 4. The maximum absolute atomic E-state index is 13.2. The third-order valence-electron chi connectivity index (χ3n) is 6.23. The average Bonchev–Trinajstić information content (AvgIpc) is 2.82. The summed E-state index contributed by atoms with van der Waals surface area (Å²) in [4.78, 5) is 30.0. The lowest BCUT2D eigenvalue weighted by Crippen LogP contribution is -2.48. The van der Waals surface area contributed by atoms with Crippen molar-refractivity contribution in [3.8, 4) is 0 Å². The molecule has 1 saturated heterocycles. The molecule has 1 atom stereocenters. The number of piperidine rings is 1. The lowest BCUT2D eigenvalue weighted by Gasteiger charge is -2.36. The van der Waals surface area contributed by atoms with E-state index in [9.17, 15) is 9.59 Å². The summed E-state index contributed by atoms with van der Waals surface area (Å²) in [5, 5.41) is 3.05. The molecule has 0 aromatic heterocycles. The fourth-order valence-electron chi connectivity index (χ4n) is 4.53. The van der Waals surface area contributed by atoms with Gasteiger partial charge in [0, 0.05) is 39.0 Å². The Balaban J connectivity index is 1.45. The summed E-state index contributed by atoms with van der Waals surface area (Å²) >= 11 is 0. The number of carbonyl (C=O) groups is 2. The van der Waals surface area contributed by atoms with Crippen LogP contribution in [0.15, 0.2) is 48.5 Å². The molecular weight excluding hydrogens is 390 g/mol. The van der Waals surface area contributed by atoms with Crippen molar-refractivity contribution in [1.29, 1.82) is 0 Å². The smallest absolute Gasteiger partial charge is 0.247 e. The van der Waals surface area contributed by atoms with Gasteiger partial charge in [-0.15, -0.1) is 0 Å². The van der Waals surface area contributed by atoms with Gasteiger partial charge >= 0.3 is 0 Å². The van der Waals surface area contributed by atoms with Gasteiger partial charge in [0.05, 0.1) is 13.0 Å². The fraction of sp³-hybridized carbons (Fsp3) is 0.440. The number of nitrogens with zero attached hydrogens (tertiary/aromatic N) is 2. The summed E-state index contributed by atoms with van der Waals surface area (Å²) < 4.78 is 5.17. The lowest BCUT2D eigenvalue weighted by atomic mass is 9.91. The number of fused-ring (bicyclic) bond motifs is 1. The zero-order valence-electron chi connectivity index (χ0n) is 18.2. The van der Waals surface area contributed by atoms with Crippen molar-refractivity contribution in [2.24, 2.45) is 0 Å². The first-order chi connectivity index (χ1) is 15.2. The second-order valence-corrected chi connectivity index (χ2v) is 8.29. The monoisotopic (exact) mass is 421 g/mol. The van der Waals surface area contributed by atoms with E-state index in [1.807, 2.05) is 24.3 Å². The summed E-state index contributed by atoms with van der Waals surface area (Å²) in [7, 11) is 1.60. The molecule has 2 heterocycles. The van der Waals surface area contributed by atoms with Crippen LogP contribution >= 0.6 is 0 Å². The van der Waals surface area contributed by atoms with Crippen molar-refractivity contribution in [2.45, 2.75) is 38.3 Å². The van der Waals surface area contributed by atoms with Crippen LogP contribution in [-0.2, 0) is 27.3 Å². The number of rotatable bonds is 7. The van der Waals surface area contributed by atoms with Crippen LogP contribution in [-0.4, -0.2) is 50.1 Å². The molecule has 2 aromatic rings. The molecular formula is C25H31N3O3. The Hall–Kier alpha value is -2.86. The van der Waals surface area contributed by atoms with Crippen LogP contribution < -0.4 is 10.2 Å². The van der Waals surface area contributed by atoms with Gasteiger partial charge in [0.15, 0.2) is 0 Å². The molecule has 2 aliphatic rings. The van der Waals surface area contributed by atoms with Crippen LogP contribution in [0.3, 0.4) is 0 Å². The molecule has 0 radical (unpaired) electrons.